The number of carboxylic acids is 1. The molecule has 1 fully saturated rings. The molecule has 3 heterocycles. The predicted molar refractivity (Wildman–Crippen MR) is 83.5 cm³/mol. The Hall–Kier alpha value is -1.60. The lowest BCUT2D eigenvalue weighted by Gasteiger charge is -2.33. The number of nitrogens with zero attached hydrogens (tertiary/aromatic N) is 4. The molecule has 1 aliphatic rings. The number of imidazole rings is 1. The summed E-state index contributed by atoms with van der Waals surface area (Å²) in [6.45, 7) is 2.85. The van der Waals surface area contributed by atoms with Crippen LogP contribution in [0.15, 0.2) is 11.6 Å². The molecular weight excluding hydrogens is 288 g/mol. The lowest BCUT2D eigenvalue weighted by Crippen LogP contribution is -2.38. The van der Waals surface area contributed by atoms with Crippen LogP contribution in [0.4, 0.5) is 5.82 Å². The van der Waals surface area contributed by atoms with E-state index < -0.39 is 5.97 Å². The number of hydrogen-bond acceptors (Lipinski definition) is 5. The van der Waals surface area contributed by atoms with Crippen LogP contribution in [0.25, 0.3) is 4.96 Å². The predicted octanol–water partition coefficient (Wildman–Crippen LogP) is 1.87. The molecule has 2 aromatic rings. The van der Waals surface area contributed by atoms with E-state index in [4.69, 9.17) is 0 Å². The molecule has 1 aliphatic heterocycles. The zero-order valence-corrected chi connectivity index (χ0v) is 13.1. The van der Waals surface area contributed by atoms with Gasteiger partial charge >= 0.3 is 5.97 Å². The molecule has 0 unspecified atom stereocenters. The van der Waals surface area contributed by atoms with Crippen molar-refractivity contribution in [1.29, 1.82) is 0 Å². The van der Waals surface area contributed by atoms with Gasteiger partial charge in [0.15, 0.2) is 16.5 Å². The summed E-state index contributed by atoms with van der Waals surface area (Å²) in [5.41, 5.74) is 0.289. The van der Waals surface area contributed by atoms with Gasteiger partial charge < -0.3 is 14.9 Å². The summed E-state index contributed by atoms with van der Waals surface area (Å²) in [6.07, 6.45) is 3.95. The number of thiazole rings is 1. The van der Waals surface area contributed by atoms with E-state index in [0.29, 0.717) is 11.7 Å². The Bertz CT molecular complexity index is 640. The summed E-state index contributed by atoms with van der Waals surface area (Å²) < 4.78 is 1.67. The quantitative estimate of drug-likeness (QED) is 0.934. The maximum Gasteiger partial charge on any atom is 0.356 e. The van der Waals surface area contributed by atoms with Gasteiger partial charge in [-0.15, -0.1) is 11.3 Å². The Balaban J connectivity index is 1.80. The highest BCUT2D eigenvalue weighted by molar-refractivity contribution is 7.15. The van der Waals surface area contributed by atoms with E-state index in [2.05, 4.69) is 28.9 Å². The number of carboxylic acid groups (broad SMARTS) is 1. The Morgan fingerprint density at radius 2 is 2.19 bits per heavy atom. The molecule has 114 valence electrons. The minimum Gasteiger partial charge on any atom is -0.476 e. The van der Waals surface area contributed by atoms with Gasteiger partial charge in [-0.05, 0) is 32.9 Å². The zero-order valence-electron chi connectivity index (χ0n) is 12.3. The number of anilines is 1. The van der Waals surface area contributed by atoms with Crippen LogP contribution in [0, 0.1) is 5.92 Å². The Labute approximate surface area is 127 Å². The van der Waals surface area contributed by atoms with Crippen molar-refractivity contribution in [2.24, 2.45) is 5.92 Å². The van der Waals surface area contributed by atoms with Gasteiger partial charge in [-0.3, -0.25) is 4.40 Å². The minimum atomic E-state index is -0.911. The van der Waals surface area contributed by atoms with E-state index in [0.717, 1.165) is 37.4 Å². The van der Waals surface area contributed by atoms with E-state index in [9.17, 15) is 9.90 Å². The van der Waals surface area contributed by atoms with Gasteiger partial charge in [-0.25, -0.2) is 9.78 Å². The maximum absolute atomic E-state index is 11.6. The SMILES string of the molecule is CN(C)CC1CCN(c2nc3sccn3c2C(=O)O)CC1. The number of aromatic carboxylic acids is 1. The molecule has 1 saturated heterocycles. The molecular formula is C14H20N4O2S. The first-order chi connectivity index (χ1) is 10.1. The van der Waals surface area contributed by atoms with Crippen molar-refractivity contribution in [2.75, 3.05) is 38.6 Å². The lowest BCUT2D eigenvalue weighted by molar-refractivity contribution is 0.0690. The van der Waals surface area contributed by atoms with E-state index in [1.807, 2.05) is 5.38 Å². The third kappa shape index (κ3) is 2.75. The first-order valence-electron chi connectivity index (χ1n) is 7.14. The van der Waals surface area contributed by atoms with Crippen LogP contribution >= 0.6 is 11.3 Å². The number of carbonyl (C=O) groups is 1. The fourth-order valence-corrected chi connectivity index (χ4v) is 3.75. The maximum atomic E-state index is 11.6. The highest BCUT2D eigenvalue weighted by Gasteiger charge is 2.27. The summed E-state index contributed by atoms with van der Waals surface area (Å²) >= 11 is 1.47. The molecule has 0 atom stereocenters. The summed E-state index contributed by atoms with van der Waals surface area (Å²) in [5, 5.41) is 11.3. The molecule has 3 rings (SSSR count). The monoisotopic (exact) mass is 308 g/mol. The molecule has 0 radical (unpaired) electrons. The number of piperidine rings is 1. The van der Waals surface area contributed by atoms with Gasteiger partial charge in [0.05, 0.1) is 0 Å². The van der Waals surface area contributed by atoms with Crippen molar-refractivity contribution < 1.29 is 9.90 Å². The molecule has 21 heavy (non-hydrogen) atoms. The summed E-state index contributed by atoms with van der Waals surface area (Å²) in [4.78, 5) is 21.2. The fraction of sp³-hybridized carbons (Fsp3) is 0.571. The van der Waals surface area contributed by atoms with Gasteiger partial charge in [-0.1, -0.05) is 0 Å². The van der Waals surface area contributed by atoms with Crippen LogP contribution in [-0.4, -0.2) is 59.1 Å². The molecule has 2 aromatic heterocycles. The lowest BCUT2D eigenvalue weighted by atomic mass is 9.96. The standard InChI is InChI=1S/C14H20N4O2S/c1-16(2)9-10-3-5-17(6-4-10)12-11(13(19)20)18-7-8-21-14(18)15-12/h7-8,10H,3-6,9H2,1-2H3,(H,19,20). The largest absolute Gasteiger partial charge is 0.476 e. The zero-order chi connectivity index (χ0) is 15.0. The normalized spacial score (nSPS) is 17.0. The van der Waals surface area contributed by atoms with Gasteiger partial charge in [0.2, 0.25) is 0 Å². The Morgan fingerprint density at radius 1 is 1.48 bits per heavy atom. The first kappa shape index (κ1) is 14.3. The average molecular weight is 308 g/mol. The number of fused-ring (bicyclic) bond motifs is 1. The van der Waals surface area contributed by atoms with Crippen molar-refractivity contribution in [2.45, 2.75) is 12.8 Å². The van der Waals surface area contributed by atoms with Crippen LogP contribution in [0.1, 0.15) is 23.3 Å². The summed E-state index contributed by atoms with van der Waals surface area (Å²) in [6, 6.07) is 0. The van der Waals surface area contributed by atoms with Gasteiger partial charge in [-0.2, -0.15) is 0 Å². The smallest absolute Gasteiger partial charge is 0.356 e. The van der Waals surface area contributed by atoms with E-state index >= 15 is 0 Å². The third-order valence-electron chi connectivity index (χ3n) is 3.98. The summed E-state index contributed by atoms with van der Waals surface area (Å²) in [5.74, 6) is 0.400. The van der Waals surface area contributed by atoms with Gasteiger partial charge in [0.1, 0.15) is 0 Å². The molecule has 7 heteroatoms. The van der Waals surface area contributed by atoms with E-state index in [-0.39, 0.29) is 5.69 Å². The van der Waals surface area contributed by atoms with Crippen LogP contribution in [0.5, 0.6) is 0 Å². The Morgan fingerprint density at radius 3 is 2.81 bits per heavy atom. The second-order valence-corrected chi connectivity index (χ2v) is 6.71. The fourth-order valence-electron chi connectivity index (χ4n) is 3.04. The first-order valence-corrected chi connectivity index (χ1v) is 8.02. The van der Waals surface area contributed by atoms with Crippen molar-refractivity contribution in [3.8, 4) is 0 Å². The molecule has 1 N–H and O–H groups in total. The molecule has 0 saturated carbocycles. The van der Waals surface area contributed by atoms with Crippen LogP contribution in [0.3, 0.4) is 0 Å². The van der Waals surface area contributed by atoms with Crippen molar-refractivity contribution in [1.82, 2.24) is 14.3 Å². The highest BCUT2D eigenvalue weighted by Crippen LogP contribution is 2.28. The third-order valence-corrected chi connectivity index (χ3v) is 4.74. The second kappa shape index (κ2) is 5.65. The minimum absolute atomic E-state index is 0.289. The van der Waals surface area contributed by atoms with Crippen molar-refractivity contribution >= 4 is 28.1 Å². The molecule has 0 amide bonds. The summed E-state index contributed by atoms with van der Waals surface area (Å²) in [7, 11) is 4.19. The second-order valence-electron chi connectivity index (χ2n) is 5.84. The molecule has 0 spiro atoms. The van der Waals surface area contributed by atoms with Crippen LogP contribution < -0.4 is 4.90 Å². The number of aromatic nitrogens is 2. The van der Waals surface area contributed by atoms with Crippen molar-refractivity contribution in [3.63, 3.8) is 0 Å². The number of hydrogen-bond donors (Lipinski definition) is 1. The van der Waals surface area contributed by atoms with Crippen LogP contribution in [0.2, 0.25) is 0 Å². The topological polar surface area (TPSA) is 61.1 Å². The van der Waals surface area contributed by atoms with Crippen molar-refractivity contribution in [3.05, 3.63) is 17.3 Å². The van der Waals surface area contributed by atoms with Gasteiger partial charge in [0.25, 0.3) is 0 Å². The average Bonchev–Trinajstić information content (AvgIpc) is 2.98. The molecule has 0 bridgehead atoms. The molecule has 6 nitrogen and oxygen atoms in total. The highest BCUT2D eigenvalue weighted by atomic mass is 32.1. The van der Waals surface area contributed by atoms with E-state index in [1.165, 1.54) is 11.3 Å². The van der Waals surface area contributed by atoms with E-state index in [1.54, 1.807) is 10.6 Å². The number of rotatable bonds is 4. The van der Waals surface area contributed by atoms with Gasteiger partial charge in [0, 0.05) is 31.2 Å². The Kier molecular flexibility index (Phi) is 3.86. The molecule has 0 aliphatic carbocycles. The molecule has 0 aromatic carbocycles. The van der Waals surface area contributed by atoms with Crippen LogP contribution in [-0.2, 0) is 0 Å².